The molecule has 0 aliphatic carbocycles. The molecule has 0 fully saturated rings. The molecule has 8 heteroatoms. The van der Waals surface area contributed by atoms with Crippen molar-refractivity contribution in [3.8, 4) is 0 Å². The average molecular weight is 293 g/mol. The number of halogens is 1. The smallest absolute Gasteiger partial charge is 0.318 e. The highest BCUT2D eigenvalue weighted by atomic mass is 35.5. The number of hydrogen-bond donors (Lipinski definition) is 2. The quantitative estimate of drug-likeness (QED) is 0.857. The normalized spacial score (nSPS) is 11.6. The summed E-state index contributed by atoms with van der Waals surface area (Å²) in [5.74, 6) is -1.23. The molecule has 1 aromatic carbocycles. The molecule has 0 aromatic heterocycles. The van der Waals surface area contributed by atoms with Crippen LogP contribution in [0.25, 0.3) is 0 Å². The van der Waals surface area contributed by atoms with Gasteiger partial charge in [-0.25, -0.2) is 0 Å². The van der Waals surface area contributed by atoms with Gasteiger partial charge >= 0.3 is 16.2 Å². The van der Waals surface area contributed by atoms with Crippen LogP contribution in [0, 0.1) is 6.92 Å². The minimum Gasteiger partial charge on any atom is -0.480 e. The first kappa shape index (κ1) is 14.7. The summed E-state index contributed by atoms with van der Waals surface area (Å²) in [4.78, 5) is 10.5. The average Bonchev–Trinajstić information content (AvgIpc) is 2.21. The van der Waals surface area contributed by atoms with Crippen LogP contribution in [0.4, 0.5) is 5.69 Å². The molecule has 0 aliphatic heterocycles. The fourth-order valence-corrected chi connectivity index (χ4v) is 2.40. The van der Waals surface area contributed by atoms with Gasteiger partial charge in [0.05, 0.1) is 5.69 Å². The molecule has 0 heterocycles. The van der Waals surface area contributed by atoms with Crippen molar-refractivity contribution in [2.45, 2.75) is 6.92 Å². The van der Waals surface area contributed by atoms with E-state index in [1.807, 2.05) is 0 Å². The first-order valence-electron chi connectivity index (χ1n) is 4.94. The predicted molar refractivity (Wildman–Crippen MR) is 69.0 cm³/mol. The zero-order chi connectivity index (χ0) is 13.9. The van der Waals surface area contributed by atoms with Crippen LogP contribution in [0.3, 0.4) is 0 Å². The molecule has 18 heavy (non-hydrogen) atoms. The molecule has 100 valence electrons. The van der Waals surface area contributed by atoms with Crippen molar-refractivity contribution in [3.63, 3.8) is 0 Å². The van der Waals surface area contributed by atoms with Gasteiger partial charge in [0.25, 0.3) is 0 Å². The Balaban J connectivity index is 2.92. The lowest BCUT2D eigenvalue weighted by atomic mass is 10.2. The summed E-state index contributed by atoms with van der Waals surface area (Å²) in [6, 6.07) is 4.67. The number of aliphatic carboxylic acids is 1. The fourth-order valence-electron chi connectivity index (χ4n) is 1.23. The molecular formula is C10H13ClN2O4S. The van der Waals surface area contributed by atoms with E-state index in [2.05, 4.69) is 4.72 Å². The van der Waals surface area contributed by atoms with Crippen molar-refractivity contribution < 1.29 is 18.3 Å². The summed E-state index contributed by atoms with van der Waals surface area (Å²) in [5, 5.41) is 9.05. The molecule has 1 aromatic rings. The van der Waals surface area contributed by atoms with Gasteiger partial charge in [-0.2, -0.15) is 12.7 Å². The van der Waals surface area contributed by atoms with Gasteiger partial charge in [0.15, 0.2) is 0 Å². The van der Waals surface area contributed by atoms with Gasteiger partial charge in [0, 0.05) is 12.1 Å². The Labute approximate surface area is 110 Å². The molecule has 0 radical (unpaired) electrons. The van der Waals surface area contributed by atoms with Crippen LogP contribution in [0.15, 0.2) is 18.2 Å². The first-order valence-corrected chi connectivity index (χ1v) is 6.76. The lowest BCUT2D eigenvalue weighted by Crippen LogP contribution is -2.36. The van der Waals surface area contributed by atoms with Crippen LogP contribution < -0.4 is 4.72 Å². The number of hydrogen-bond acceptors (Lipinski definition) is 3. The van der Waals surface area contributed by atoms with E-state index >= 15 is 0 Å². The molecule has 0 saturated heterocycles. The third-order valence-electron chi connectivity index (χ3n) is 2.20. The number of carboxylic acids is 1. The molecule has 0 bridgehead atoms. The lowest BCUT2D eigenvalue weighted by molar-refractivity contribution is -0.137. The maximum atomic E-state index is 11.8. The van der Waals surface area contributed by atoms with Crippen LogP contribution in [0.5, 0.6) is 0 Å². The Kier molecular flexibility index (Phi) is 4.55. The van der Waals surface area contributed by atoms with Crippen molar-refractivity contribution >= 4 is 33.5 Å². The Hall–Kier alpha value is -1.31. The van der Waals surface area contributed by atoms with Gasteiger partial charge in [-0.1, -0.05) is 11.6 Å². The monoisotopic (exact) mass is 292 g/mol. The second-order valence-corrected chi connectivity index (χ2v) is 5.93. The second kappa shape index (κ2) is 5.55. The Bertz CT molecular complexity index is 559. The zero-order valence-corrected chi connectivity index (χ0v) is 11.4. The maximum absolute atomic E-state index is 11.8. The van der Waals surface area contributed by atoms with Crippen molar-refractivity contribution in [2.24, 2.45) is 0 Å². The van der Waals surface area contributed by atoms with E-state index in [4.69, 9.17) is 16.7 Å². The van der Waals surface area contributed by atoms with Crippen molar-refractivity contribution in [3.05, 3.63) is 28.8 Å². The number of nitrogens with one attached hydrogen (secondary N) is 1. The van der Waals surface area contributed by atoms with Gasteiger partial charge in [-0.3, -0.25) is 9.52 Å². The van der Waals surface area contributed by atoms with Crippen molar-refractivity contribution in [1.29, 1.82) is 0 Å². The van der Waals surface area contributed by atoms with E-state index in [0.29, 0.717) is 20.6 Å². The van der Waals surface area contributed by atoms with Gasteiger partial charge in [0.1, 0.15) is 6.54 Å². The summed E-state index contributed by atoms with van der Waals surface area (Å²) in [5.41, 5.74) is 1.01. The summed E-state index contributed by atoms with van der Waals surface area (Å²) < 4.78 is 26.6. The third-order valence-corrected chi connectivity index (χ3v) is 3.86. The highest BCUT2D eigenvalue weighted by molar-refractivity contribution is 7.90. The summed E-state index contributed by atoms with van der Waals surface area (Å²) in [7, 11) is -2.70. The number of anilines is 1. The van der Waals surface area contributed by atoms with E-state index in [1.54, 1.807) is 19.1 Å². The van der Waals surface area contributed by atoms with E-state index in [1.165, 1.54) is 13.1 Å². The molecule has 0 unspecified atom stereocenters. The van der Waals surface area contributed by atoms with Crippen LogP contribution in [-0.4, -0.2) is 37.4 Å². The first-order chi connectivity index (χ1) is 8.22. The Morgan fingerprint density at radius 1 is 1.50 bits per heavy atom. The summed E-state index contributed by atoms with van der Waals surface area (Å²) >= 11 is 5.75. The number of likely N-dealkylation sites (N-methyl/N-ethyl adjacent to an activating group) is 1. The van der Waals surface area contributed by atoms with Crippen LogP contribution in [0.2, 0.25) is 5.02 Å². The third kappa shape index (κ3) is 3.86. The molecule has 0 amide bonds. The molecule has 1 rings (SSSR count). The molecule has 2 N–H and O–H groups in total. The number of rotatable bonds is 5. The number of aryl methyl sites for hydroxylation is 1. The van der Waals surface area contributed by atoms with Crippen LogP contribution in [-0.2, 0) is 15.0 Å². The highest BCUT2D eigenvalue weighted by Crippen LogP contribution is 2.21. The van der Waals surface area contributed by atoms with Crippen LogP contribution >= 0.6 is 11.6 Å². The topological polar surface area (TPSA) is 86.7 Å². The van der Waals surface area contributed by atoms with Crippen LogP contribution in [0.1, 0.15) is 5.56 Å². The van der Waals surface area contributed by atoms with Gasteiger partial charge in [-0.15, -0.1) is 0 Å². The largest absolute Gasteiger partial charge is 0.480 e. The minimum atomic E-state index is -3.88. The Morgan fingerprint density at radius 3 is 2.61 bits per heavy atom. The molecule has 0 atom stereocenters. The van der Waals surface area contributed by atoms with Gasteiger partial charge < -0.3 is 5.11 Å². The summed E-state index contributed by atoms with van der Waals surface area (Å²) in [6.45, 7) is 1.09. The molecule has 0 saturated carbocycles. The highest BCUT2D eigenvalue weighted by Gasteiger charge is 2.20. The standard InChI is InChI=1S/C10H13ClN2O4S/c1-7-5-8(11)3-4-9(7)12-18(16,17)13(2)6-10(14)15/h3-5,12H,6H2,1-2H3,(H,14,15). The number of nitrogens with zero attached hydrogens (tertiary/aromatic N) is 1. The number of benzene rings is 1. The fraction of sp³-hybridized carbons (Fsp3) is 0.300. The van der Waals surface area contributed by atoms with E-state index < -0.39 is 22.7 Å². The lowest BCUT2D eigenvalue weighted by Gasteiger charge is -2.17. The minimum absolute atomic E-state index is 0.358. The van der Waals surface area contributed by atoms with Gasteiger partial charge in [-0.05, 0) is 30.7 Å². The second-order valence-electron chi connectivity index (χ2n) is 3.72. The molecule has 6 nitrogen and oxygen atoms in total. The Morgan fingerprint density at radius 2 is 2.11 bits per heavy atom. The van der Waals surface area contributed by atoms with Crippen molar-refractivity contribution in [2.75, 3.05) is 18.3 Å². The van der Waals surface area contributed by atoms with E-state index in [9.17, 15) is 13.2 Å². The van der Waals surface area contributed by atoms with Crippen molar-refractivity contribution in [1.82, 2.24) is 4.31 Å². The predicted octanol–water partition coefficient (Wildman–Crippen LogP) is 1.32. The SMILES string of the molecule is Cc1cc(Cl)ccc1NS(=O)(=O)N(C)CC(=O)O. The van der Waals surface area contributed by atoms with E-state index in [-0.39, 0.29) is 0 Å². The molecular weight excluding hydrogens is 280 g/mol. The van der Waals surface area contributed by atoms with Gasteiger partial charge in [0.2, 0.25) is 0 Å². The zero-order valence-electron chi connectivity index (χ0n) is 9.84. The maximum Gasteiger partial charge on any atom is 0.318 e. The molecule has 0 aliphatic rings. The molecule has 0 spiro atoms. The number of carboxylic acid groups (broad SMARTS) is 1. The van der Waals surface area contributed by atoms with E-state index in [0.717, 1.165) is 0 Å². The number of carbonyl (C=O) groups is 1. The summed E-state index contributed by atoms with van der Waals surface area (Å²) in [6.07, 6.45) is 0.